The van der Waals surface area contributed by atoms with Crippen LogP contribution in [0.25, 0.3) is 0 Å². The topological polar surface area (TPSA) is 47.0 Å². The summed E-state index contributed by atoms with van der Waals surface area (Å²) in [6, 6.07) is 0. The second-order valence-corrected chi connectivity index (χ2v) is 3.63. The van der Waals surface area contributed by atoms with Crippen LogP contribution in [0.2, 0.25) is 0 Å². The molecule has 0 aliphatic carbocycles. The summed E-state index contributed by atoms with van der Waals surface area (Å²) in [5, 5.41) is 3.18. The highest BCUT2D eigenvalue weighted by Gasteiger charge is 2.34. The smallest absolute Gasteiger partial charge is 0.159 e. The van der Waals surface area contributed by atoms with E-state index in [9.17, 15) is 0 Å². The maximum atomic E-state index is 5.78. The molecule has 0 bridgehead atoms. The van der Waals surface area contributed by atoms with Crippen molar-refractivity contribution in [2.45, 2.75) is 19.4 Å². The highest BCUT2D eigenvalue weighted by Crippen LogP contribution is 2.22. The summed E-state index contributed by atoms with van der Waals surface area (Å²) in [6.07, 6.45) is 3.25. The third-order valence-corrected chi connectivity index (χ3v) is 2.22. The number of ether oxygens (including phenoxy) is 1. The number of nitrogens with one attached hydrogen (secondary N) is 1. The van der Waals surface area contributed by atoms with Crippen molar-refractivity contribution in [2.75, 3.05) is 13.1 Å². The predicted molar refractivity (Wildman–Crippen MR) is 48.7 cm³/mol. The normalized spacial score (nSPS) is 19.2. The van der Waals surface area contributed by atoms with Crippen molar-refractivity contribution in [1.82, 2.24) is 15.3 Å². The zero-order valence-electron chi connectivity index (χ0n) is 7.87. The molecule has 4 nitrogen and oxygen atoms in total. The second-order valence-electron chi connectivity index (χ2n) is 3.63. The van der Waals surface area contributed by atoms with Gasteiger partial charge < -0.3 is 10.1 Å². The second kappa shape index (κ2) is 2.96. The zero-order chi connectivity index (χ0) is 9.31. The summed E-state index contributed by atoms with van der Waals surface area (Å²) < 4.78 is 5.78. The molecule has 2 heterocycles. The molecular formula is C9H13N3O. The molecule has 2 rings (SSSR count). The molecule has 0 atom stereocenters. The van der Waals surface area contributed by atoms with E-state index in [1.807, 2.05) is 6.92 Å². The largest absolute Gasteiger partial charge is 0.481 e. The lowest BCUT2D eigenvalue weighted by atomic mass is 10.00. The van der Waals surface area contributed by atoms with Crippen LogP contribution in [0.3, 0.4) is 0 Å². The molecule has 1 N–H and O–H groups in total. The van der Waals surface area contributed by atoms with Gasteiger partial charge in [-0.15, -0.1) is 0 Å². The average molecular weight is 179 g/mol. The molecule has 1 aromatic rings. The Morgan fingerprint density at radius 2 is 2.31 bits per heavy atom. The molecule has 70 valence electrons. The fraction of sp³-hybridized carbons (Fsp3) is 0.556. The molecule has 0 spiro atoms. The summed E-state index contributed by atoms with van der Waals surface area (Å²) in [7, 11) is 0. The third-order valence-electron chi connectivity index (χ3n) is 2.22. The minimum atomic E-state index is -0.0739. The molecule has 0 amide bonds. The van der Waals surface area contributed by atoms with Gasteiger partial charge in [-0.25, -0.2) is 9.97 Å². The first-order chi connectivity index (χ1) is 6.20. The monoisotopic (exact) mass is 179 g/mol. The van der Waals surface area contributed by atoms with Crippen molar-refractivity contribution >= 4 is 0 Å². The van der Waals surface area contributed by atoms with Crippen molar-refractivity contribution < 1.29 is 4.74 Å². The molecule has 0 saturated carbocycles. The third kappa shape index (κ3) is 1.62. The summed E-state index contributed by atoms with van der Waals surface area (Å²) in [6.45, 7) is 5.78. The van der Waals surface area contributed by atoms with Gasteiger partial charge in [0.1, 0.15) is 11.9 Å². The number of nitrogens with zero attached hydrogens (tertiary/aromatic N) is 2. The van der Waals surface area contributed by atoms with Gasteiger partial charge >= 0.3 is 0 Å². The molecular weight excluding hydrogens is 166 g/mol. The number of aryl methyl sites for hydroxylation is 1. The highest BCUT2D eigenvalue weighted by atomic mass is 16.5. The van der Waals surface area contributed by atoms with Gasteiger partial charge in [0.15, 0.2) is 5.75 Å². The Kier molecular flexibility index (Phi) is 1.92. The van der Waals surface area contributed by atoms with Crippen LogP contribution in [0.15, 0.2) is 12.5 Å². The summed E-state index contributed by atoms with van der Waals surface area (Å²) in [5.74, 6) is 0.784. The van der Waals surface area contributed by atoms with Crippen LogP contribution in [0.1, 0.15) is 12.6 Å². The van der Waals surface area contributed by atoms with Crippen LogP contribution >= 0.6 is 0 Å². The van der Waals surface area contributed by atoms with Crippen LogP contribution in [0.5, 0.6) is 5.75 Å². The Bertz CT molecular complexity index is 309. The number of hydrogen-bond donors (Lipinski definition) is 1. The first-order valence-electron chi connectivity index (χ1n) is 4.36. The van der Waals surface area contributed by atoms with E-state index in [1.54, 1.807) is 6.20 Å². The molecule has 1 fully saturated rings. The molecule has 1 aromatic heterocycles. The summed E-state index contributed by atoms with van der Waals surface area (Å²) >= 11 is 0. The lowest BCUT2D eigenvalue weighted by molar-refractivity contribution is 0.0334. The fourth-order valence-electron chi connectivity index (χ4n) is 1.29. The predicted octanol–water partition coefficient (Wildman–Crippen LogP) is 0.526. The van der Waals surface area contributed by atoms with Gasteiger partial charge in [0, 0.05) is 13.1 Å². The lowest BCUT2D eigenvalue weighted by Crippen LogP contribution is -2.61. The Morgan fingerprint density at radius 3 is 2.85 bits per heavy atom. The van der Waals surface area contributed by atoms with Crippen molar-refractivity contribution in [3.8, 4) is 5.75 Å². The van der Waals surface area contributed by atoms with Crippen molar-refractivity contribution in [2.24, 2.45) is 0 Å². The van der Waals surface area contributed by atoms with Gasteiger partial charge in [0.05, 0.1) is 11.9 Å². The Labute approximate surface area is 77.4 Å². The number of aromatic nitrogens is 2. The Hall–Kier alpha value is -1.16. The van der Waals surface area contributed by atoms with Crippen LogP contribution < -0.4 is 10.1 Å². The van der Waals surface area contributed by atoms with E-state index in [-0.39, 0.29) is 5.60 Å². The lowest BCUT2D eigenvalue weighted by Gasteiger charge is -2.39. The molecule has 0 aromatic carbocycles. The van der Waals surface area contributed by atoms with E-state index in [2.05, 4.69) is 22.2 Å². The maximum Gasteiger partial charge on any atom is 0.159 e. The minimum absolute atomic E-state index is 0.0739. The van der Waals surface area contributed by atoms with Gasteiger partial charge in [0.25, 0.3) is 0 Å². The standard InChI is InChI=1S/C9H13N3O/c1-7-8(3-10-6-12-7)13-9(2)4-11-5-9/h3,6,11H,4-5H2,1-2H3. The van der Waals surface area contributed by atoms with Gasteiger partial charge in [-0.2, -0.15) is 0 Å². The van der Waals surface area contributed by atoms with Gasteiger partial charge in [-0.3, -0.25) is 0 Å². The van der Waals surface area contributed by atoms with Crippen molar-refractivity contribution in [3.05, 3.63) is 18.2 Å². The van der Waals surface area contributed by atoms with Gasteiger partial charge in [-0.1, -0.05) is 0 Å². The van der Waals surface area contributed by atoms with E-state index in [0.717, 1.165) is 24.5 Å². The van der Waals surface area contributed by atoms with Crippen LogP contribution in [0, 0.1) is 6.92 Å². The van der Waals surface area contributed by atoms with Crippen molar-refractivity contribution in [3.63, 3.8) is 0 Å². The quantitative estimate of drug-likeness (QED) is 0.719. The SMILES string of the molecule is Cc1ncncc1OC1(C)CNC1. The average Bonchev–Trinajstić information content (AvgIpc) is 2.06. The first-order valence-corrected chi connectivity index (χ1v) is 4.36. The molecule has 1 saturated heterocycles. The van der Waals surface area contributed by atoms with Gasteiger partial charge in [0.2, 0.25) is 0 Å². The van der Waals surface area contributed by atoms with E-state index in [4.69, 9.17) is 4.74 Å². The molecule has 4 heteroatoms. The van der Waals surface area contributed by atoms with E-state index >= 15 is 0 Å². The fourth-order valence-corrected chi connectivity index (χ4v) is 1.29. The van der Waals surface area contributed by atoms with Crippen LogP contribution in [0.4, 0.5) is 0 Å². The summed E-state index contributed by atoms with van der Waals surface area (Å²) in [4.78, 5) is 8.00. The summed E-state index contributed by atoms with van der Waals surface area (Å²) in [5.41, 5.74) is 0.818. The Morgan fingerprint density at radius 1 is 1.54 bits per heavy atom. The van der Waals surface area contributed by atoms with E-state index in [1.165, 1.54) is 6.33 Å². The van der Waals surface area contributed by atoms with Crippen molar-refractivity contribution in [1.29, 1.82) is 0 Å². The Balaban J connectivity index is 2.13. The van der Waals surface area contributed by atoms with Crippen LogP contribution in [-0.4, -0.2) is 28.7 Å². The minimum Gasteiger partial charge on any atom is -0.481 e. The molecule has 1 aliphatic heterocycles. The molecule has 13 heavy (non-hydrogen) atoms. The number of rotatable bonds is 2. The van der Waals surface area contributed by atoms with Crippen LogP contribution in [-0.2, 0) is 0 Å². The van der Waals surface area contributed by atoms with Gasteiger partial charge in [-0.05, 0) is 13.8 Å². The van der Waals surface area contributed by atoms with E-state index < -0.39 is 0 Å². The molecule has 0 unspecified atom stereocenters. The zero-order valence-corrected chi connectivity index (χ0v) is 7.87. The highest BCUT2D eigenvalue weighted by molar-refractivity contribution is 5.23. The first kappa shape index (κ1) is 8.44. The molecule has 0 radical (unpaired) electrons. The molecule has 1 aliphatic rings. The maximum absolute atomic E-state index is 5.78. The van der Waals surface area contributed by atoms with E-state index in [0.29, 0.717) is 0 Å². The number of hydrogen-bond acceptors (Lipinski definition) is 4.